The fraction of sp³-hybridized carbons (Fsp3) is 0.647. The maximum Gasteiger partial charge on any atom is 0.142 e. The minimum Gasteiger partial charge on any atom is -0.495 e. The highest BCUT2D eigenvalue weighted by molar-refractivity contribution is 6.33. The number of piperidine rings is 1. The lowest BCUT2D eigenvalue weighted by atomic mass is 9.91. The van der Waals surface area contributed by atoms with E-state index in [9.17, 15) is 0 Å². The molecule has 1 atom stereocenters. The first kappa shape index (κ1) is 14.2. The van der Waals surface area contributed by atoms with E-state index in [2.05, 4.69) is 11.4 Å². The number of benzene rings is 1. The van der Waals surface area contributed by atoms with Crippen LogP contribution in [0.3, 0.4) is 0 Å². The maximum atomic E-state index is 6.67. The average Bonchev–Trinajstić information content (AvgIpc) is 2.73. The Morgan fingerprint density at radius 1 is 1.15 bits per heavy atom. The number of hydrogen-bond donors (Lipinski definition) is 1. The van der Waals surface area contributed by atoms with E-state index in [1.165, 1.54) is 61.6 Å². The van der Waals surface area contributed by atoms with Crippen molar-refractivity contribution in [1.29, 1.82) is 0 Å². The molecule has 3 heteroatoms. The highest BCUT2D eigenvalue weighted by Crippen LogP contribution is 2.41. The molecule has 1 saturated heterocycles. The molecule has 20 heavy (non-hydrogen) atoms. The van der Waals surface area contributed by atoms with Gasteiger partial charge in [0.2, 0.25) is 0 Å². The molecule has 1 N–H and O–H groups in total. The molecule has 0 amide bonds. The van der Waals surface area contributed by atoms with Gasteiger partial charge in [-0.15, -0.1) is 0 Å². The summed E-state index contributed by atoms with van der Waals surface area (Å²) < 4.78 is 5.66. The molecule has 0 aromatic heterocycles. The molecule has 0 bridgehead atoms. The van der Waals surface area contributed by atoms with Gasteiger partial charge in [0.1, 0.15) is 5.75 Å². The van der Waals surface area contributed by atoms with E-state index in [0.29, 0.717) is 6.04 Å². The molecule has 110 valence electrons. The lowest BCUT2D eigenvalue weighted by molar-refractivity contribution is 0.373. The van der Waals surface area contributed by atoms with Crippen LogP contribution in [0.4, 0.5) is 0 Å². The Labute approximate surface area is 126 Å². The van der Waals surface area contributed by atoms with Gasteiger partial charge in [-0.3, -0.25) is 0 Å². The first-order chi connectivity index (χ1) is 9.81. The van der Waals surface area contributed by atoms with Gasteiger partial charge in [0.25, 0.3) is 0 Å². The van der Waals surface area contributed by atoms with Crippen LogP contribution in [-0.2, 0) is 12.8 Å². The SMILES string of the molecule is COc1c(C2CCCCN2)cc2c(c1Cl)CCCCC2. The number of fused-ring (bicyclic) bond motifs is 1. The van der Waals surface area contributed by atoms with Crippen LogP contribution in [0.25, 0.3) is 0 Å². The number of hydrogen-bond acceptors (Lipinski definition) is 2. The van der Waals surface area contributed by atoms with Gasteiger partial charge in [-0.2, -0.15) is 0 Å². The summed E-state index contributed by atoms with van der Waals surface area (Å²) in [7, 11) is 1.75. The number of aryl methyl sites for hydroxylation is 1. The molecule has 3 rings (SSSR count). The third-order valence-electron chi connectivity index (χ3n) is 4.71. The molecule has 1 aromatic carbocycles. The second-order valence-electron chi connectivity index (χ2n) is 6.01. The van der Waals surface area contributed by atoms with E-state index < -0.39 is 0 Å². The smallest absolute Gasteiger partial charge is 0.142 e. The standard InChI is InChI=1S/C17H24ClNO/c1-20-17-14(15-9-5-6-10-19-15)11-12-7-3-2-4-8-13(12)16(17)18/h11,15,19H,2-10H2,1H3. The molecule has 0 spiro atoms. The van der Waals surface area contributed by atoms with E-state index in [4.69, 9.17) is 16.3 Å². The summed E-state index contributed by atoms with van der Waals surface area (Å²) in [5.41, 5.74) is 4.06. The predicted octanol–water partition coefficient (Wildman–Crippen LogP) is 4.43. The zero-order valence-corrected chi connectivity index (χ0v) is 13.1. The van der Waals surface area contributed by atoms with Crippen LogP contribution in [0, 0.1) is 0 Å². The van der Waals surface area contributed by atoms with Gasteiger partial charge in [0.15, 0.2) is 0 Å². The minimum absolute atomic E-state index is 0.407. The van der Waals surface area contributed by atoms with Gasteiger partial charge in [-0.05, 0) is 56.2 Å². The summed E-state index contributed by atoms with van der Waals surface area (Å²) >= 11 is 6.67. The molecule has 2 aliphatic rings. The molecule has 1 fully saturated rings. The van der Waals surface area contributed by atoms with Crippen molar-refractivity contribution in [2.45, 2.75) is 57.4 Å². The third-order valence-corrected chi connectivity index (χ3v) is 5.11. The summed E-state index contributed by atoms with van der Waals surface area (Å²) in [6.45, 7) is 1.10. The molecule has 0 radical (unpaired) electrons. The van der Waals surface area contributed by atoms with Crippen LogP contribution in [0.2, 0.25) is 5.02 Å². The van der Waals surface area contributed by atoms with Gasteiger partial charge in [-0.1, -0.05) is 30.5 Å². The first-order valence-electron chi connectivity index (χ1n) is 7.92. The van der Waals surface area contributed by atoms with E-state index in [-0.39, 0.29) is 0 Å². The second kappa shape index (κ2) is 6.36. The maximum absolute atomic E-state index is 6.67. The van der Waals surface area contributed by atoms with Crippen LogP contribution in [0.1, 0.15) is 61.3 Å². The molecule has 1 aliphatic heterocycles. The molecule has 1 heterocycles. The molecule has 0 saturated carbocycles. The Kier molecular flexibility index (Phi) is 4.52. The van der Waals surface area contributed by atoms with Crippen molar-refractivity contribution in [3.05, 3.63) is 27.8 Å². The third kappa shape index (κ3) is 2.68. The van der Waals surface area contributed by atoms with Gasteiger partial charge >= 0.3 is 0 Å². The summed E-state index contributed by atoms with van der Waals surface area (Å²) in [5.74, 6) is 0.909. The Morgan fingerprint density at radius 3 is 2.75 bits per heavy atom. The van der Waals surface area contributed by atoms with Gasteiger partial charge < -0.3 is 10.1 Å². The zero-order valence-electron chi connectivity index (χ0n) is 12.3. The Balaban J connectivity index is 2.04. The Bertz CT molecular complexity index is 480. The molecule has 1 aliphatic carbocycles. The molecular formula is C17H24ClNO. The lowest BCUT2D eigenvalue weighted by Crippen LogP contribution is -2.27. The topological polar surface area (TPSA) is 21.3 Å². The van der Waals surface area contributed by atoms with E-state index in [1.807, 2.05) is 0 Å². The summed E-state index contributed by atoms with van der Waals surface area (Å²) in [4.78, 5) is 0. The quantitative estimate of drug-likeness (QED) is 0.814. The number of ether oxygens (including phenoxy) is 1. The van der Waals surface area contributed by atoms with E-state index in [0.717, 1.165) is 23.7 Å². The minimum atomic E-state index is 0.407. The van der Waals surface area contributed by atoms with E-state index >= 15 is 0 Å². The second-order valence-corrected chi connectivity index (χ2v) is 6.39. The fourth-order valence-corrected chi connectivity index (χ4v) is 4.02. The van der Waals surface area contributed by atoms with Gasteiger partial charge in [-0.25, -0.2) is 0 Å². The molecule has 2 nitrogen and oxygen atoms in total. The highest BCUT2D eigenvalue weighted by atomic mass is 35.5. The van der Waals surface area contributed by atoms with Crippen LogP contribution < -0.4 is 10.1 Å². The van der Waals surface area contributed by atoms with Gasteiger partial charge in [0, 0.05) is 11.6 Å². The van der Waals surface area contributed by atoms with Crippen molar-refractivity contribution in [2.75, 3.05) is 13.7 Å². The summed E-state index contributed by atoms with van der Waals surface area (Å²) in [6.07, 6.45) is 9.86. The van der Waals surface area contributed by atoms with Crippen molar-refractivity contribution >= 4 is 11.6 Å². The fourth-order valence-electron chi connectivity index (χ4n) is 3.62. The summed E-state index contributed by atoms with van der Waals surface area (Å²) in [6, 6.07) is 2.78. The monoisotopic (exact) mass is 293 g/mol. The van der Waals surface area contributed by atoms with Crippen molar-refractivity contribution in [1.82, 2.24) is 5.32 Å². The molecular weight excluding hydrogens is 270 g/mol. The Hall–Kier alpha value is -0.730. The van der Waals surface area contributed by atoms with Crippen LogP contribution >= 0.6 is 11.6 Å². The van der Waals surface area contributed by atoms with Gasteiger partial charge in [0.05, 0.1) is 12.1 Å². The number of nitrogens with one attached hydrogen (secondary N) is 1. The number of methoxy groups -OCH3 is 1. The number of rotatable bonds is 2. The highest BCUT2D eigenvalue weighted by Gasteiger charge is 2.24. The van der Waals surface area contributed by atoms with Crippen molar-refractivity contribution in [2.24, 2.45) is 0 Å². The molecule has 1 unspecified atom stereocenters. The van der Waals surface area contributed by atoms with Crippen molar-refractivity contribution in [3.63, 3.8) is 0 Å². The zero-order chi connectivity index (χ0) is 13.9. The first-order valence-corrected chi connectivity index (χ1v) is 8.30. The summed E-state index contributed by atoms with van der Waals surface area (Å²) in [5, 5.41) is 4.49. The van der Waals surface area contributed by atoms with Crippen LogP contribution in [0.5, 0.6) is 5.75 Å². The number of halogens is 1. The van der Waals surface area contributed by atoms with Crippen molar-refractivity contribution < 1.29 is 4.74 Å². The normalized spacial score (nSPS) is 23.0. The van der Waals surface area contributed by atoms with Crippen LogP contribution in [0.15, 0.2) is 6.07 Å². The molecule has 1 aromatic rings. The lowest BCUT2D eigenvalue weighted by Gasteiger charge is -2.27. The predicted molar refractivity (Wildman–Crippen MR) is 83.9 cm³/mol. The van der Waals surface area contributed by atoms with E-state index in [1.54, 1.807) is 7.11 Å². The average molecular weight is 294 g/mol. The van der Waals surface area contributed by atoms with Crippen molar-refractivity contribution in [3.8, 4) is 5.75 Å². The Morgan fingerprint density at radius 2 is 2.00 bits per heavy atom. The van der Waals surface area contributed by atoms with Crippen LogP contribution in [-0.4, -0.2) is 13.7 Å². The largest absolute Gasteiger partial charge is 0.495 e.